The molecule has 5 rings (SSSR count). The number of nitrogens with zero attached hydrogens (tertiary/aromatic N) is 5. The number of anilines is 3. The van der Waals surface area contributed by atoms with E-state index in [-0.39, 0.29) is 23.2 Å². The lowest BCUT2D eigenvalue weighted by Gasteiger charge is -2.42. The third kappa shape index (κ3) is 5.21. The molecule has 9 nitrogen and oxygen atoms in total. The van der Waals surface area contributed by atoms with Crippen LogP contribution < -0.4 is 20.7 Å². The third-order valence-corrected chi connectivity index (χ3v) is 7.80. The summed E-state index contributed by atoms with van der Waals surface area (Å²) in [6, 6.07) is 16.7. The molecule has 1 fully saturated rings. The molecule has 4 aromatic rings. The number of carbonyl (C=O) groups is 1. The first-order chi connectivity index (χ1) is 19.6. The lowest BCUT2D eigenvalue weighted by molar-refractivity contribution is 0.0698. The summed E-state index contributed by atoms with van der Waals surface area (Å²) >= 11 is 0. The highest BCUT2D eigenvalue weighted by atomic mass is 16.4. The summed E-state index contributed by atoms with van der Waals surface area (Å²) in [7, 11) is 0. The van der Waals surface area contributed by atoms with E-state index in [0.717, 1.165) is 22.4 Å². The van der Waals surface area contributed by atoms with Crippen LogP contribution in [0, 0.1) is 32.1 Å². The first-order valence-electron chi connectivity index (χ1n) is 13.7. The molecule has 2 atom stereocenters. The Morgan fingerprint density at radius 1 is 1.12 bits per heavy atom. The number of aryl methyl sites for hydroxylation is 2. The smallest absolute Gasteiger partial charge is 0.337 e. The maximum absolute atomic E-state index is 13.7. The molecule has 0 bridgehead atoms. The van der Waals surface area contributed by atoms with Gasteiger partial charge in [-0.3, -0.25) is 9.20 Å². The molecular formula is C32H34N6O3. The number of piperazine rings is 1. The minimum atomic E-state index is -1.01. The maximum Gasteiger partial charge on any atom is 0.337 e. The average Bonchev–Trinajstić information content (AvgIpc) is 2.95. The summed E-state index contributed by atoms with van der Waals surface area (Å²) in [4.78, 5) is 35.0. The van der Waals surface area contributed by atoms with E-state index < -0.39 is 5.97 Å². The number of fused-ring (bicyclic) bond motifs is 1. The molecule has 1 saturated heterocycles. The molecule has 0 radical (unpaired) electrons. The molecule has 9 heteroatoms. The first-order valence-corrected chi connectivity index (χ1v) is 13.7. The van der Waals surface area contributed by atoms with Gasteiger partial charge in [-0.25, -0.2) is 9.78 Å². The Morgan fingerprint density at radius 3 is 2.59 bits per heavy atom. The number of para-hydroxylation sites is 1. The van der Waals surface area contributed by atoms with Crippen LogP contribution >= 0.6 is 0 Å². The first kappa shape index (κ1) is 27.7. The number of aromatic nitrogens is 2. The van der Waals surface area contributed by atoms with E-state index in [1.165, 1.54) is 0 Å². The predicted octanol–water partition coefficient (Wildman–Crippen LogP) is 5.08. The number of nitriles is 1. The second kappa shape index (κ2) is 11.0. The monoisotopic (exact) mass is 550 g/mol. The molecule has 1 aliphatic rings. The summed E-state index contributed by atoms with van der Waals surface area (Å²) < 4.78 is 1.59. The van der Waals surface area contributed by atoms with Gasteiger partial charge in [0.25, 0.3) is 5.56 Å². The van der Waals surface area contributed by atoms with Gasteiger partial charge in [0, 0.05) is 43.1 Å². The number of rotatable bonds is 6. The van der Waals surface area contributed by atoms with E-state index in [2.05, 4.69) is 34.2 Å². The van der Waals surface area contributed by atoms with Gasteiger partial charge in [0.2, 0.25) is 0 Å². The molecule has 0 amide bonds. The van der Waals surface area contributed by atoms with Crippen LogP contribution in [0.1, 0.15) is 58.1 Å². The van der Waals surface area contributed by atoms with Crippen LogP contribution in [0.2, 0.25) is 0 Å². The van der Waals surface area contributed by atoms with Crippen molar-refractivity contribution in [3.63, 3.8) is 0 Å². The highest BCUT2D eigenvalue weighted by Crippen LogP contribution is 2.30. The van der Waals surface area contributed by atoms with E-state index in [4.69, 9.17) is 4.98 Å². The molecule has 2 aromatic carbocycles. The van der Waals surface area contributed by atoms with Crippen molar-refractivity contribution in [3.05, 3.63) is 98.5 Å². The van der Waals surface area contributed by atoms with Crippen LogP contribution in [0.5, 0.6) is 0 Å². The minimum absolute atomic E-state index is 0.0377. The average molecular weight is 551 g/mol. The number of hydrogen-bond donors (Lipinski definition) is 2. The lowest BCUT2D eigenvalue weighted by Crippen LogP contribution is -2.53. The van der Waals surface area contributed by atoms with Gasteiger partial charge in [-0.15, -0.1) is 0 Å². The Morgan fingerprint density at radius 2 is 1.88 bits per heavy atom. The lowest BCUT2D eigenvalue weighted by atomic mass is 10.1. The zero-order valence-electron chi connectivity index (χ0n) is 24.0. The van der Waals surface area contributed by atoms with Crippen LogP contribution in [0.4, 0.5) is 17.2 Å². The Hall–Kier alpha value is -4.84. The molecule has 210 valence electrons. The molecule has 41 heavy (non-hydrogen) atoms. The highest BCUT2D eigenvalue weighted by molar-refractivity contribution is 5.94. The maximum atomic E-state index is 13.7. The zero-order chi connectivity index (χ0) is 29.4. The molecule has 0 unspecified atom stereocenters. The van der Waals surface area contributed by atoms with Crippen molar-refractivity contribution < 1.29 is 9.90 Å². The SMILES string of the molecule is Cc1ccc(C#N)c(N2CCN(c3nc4c([C@@H](C)Nc5ccccc5C(=O)O)cc(C)cn4c(=O)c3C)[C@@H](C)C2)c1. The summed E-state index contributed by atoms with van der Waals surface area (Å²) in [5.74, 6) is -0.363. The summed E-state index contributed by atoms with van der Waals surface area (Å²) in [6.07, 6.45) is 1.80. The van der Waals surface area contributed by atoms with Crippen molar-refractivity contribution in [1.29, 1.82) is 5.26 Å². The highest BCUT2D eigenvalue weighted by Gasteiger charge is 2.29. The fourth-order valence-corrected chi connectivity index (χ4v) is 5.68. The van der Waals surface area contributed by atoms with Crippen LogP contribution in [0.15, 0.2) is 59.5 Å². The Balaban J connectivity index is 1.52. The number of carboxylic acid groups (broad SMARTS) is 1. The topological polar surface area (TPSA) is 114 Å². The summed E-state index contributed by atoms with van der Waals surface area (Å²) in [5.41, 5.74) is 6.04. The minimum Gasteiger partial charge on any atom is -0.478 e. The summed E-state index contributed by atoms with van der Waals surface area (Å²) in [6.45, 7) is 11.8. The van der Waals surface area contributed by atoms with Crippen LogP contribution in [0.3, 0.4) is 0 Å². The quantitative estimate of drug-likeness (QED) is 0.342. The van der Waals surface area contributed by atoms with Crippen LogP contribution in [0.25, 0.3) is 5.65 Å². The second-order valence-corrected chi connectivity index (χ2v) is 10.9. The van der Waals surface area contributed by atoms with Crippen LogP contribution in [-0.2, 0) is 0 Å². The number of aromatic carboxylic acids is 1. The van der Waals surface area contributed by atoms with Gasteiger partial charge >= 0.3 is 5.97 Å². The molecule has 2 N–H and O–H groups in total. The van der Waals surface area contributed by atoms with Crippen molar-refractivity contribution in [2.24, 2.45) is 0 Å². The largest absolute Gasteiger partial charge is 0.478 e. The number of benzene rings is 2. The normalized spacial score (nSPS) is 16.0. The molecule has 0 spiro atoms. The number of hydrogen-bond acceptors (Lipinski definition) is 7. The Kier molecular flexibility index (Phi) is 7.41. The van der Waals surface area contributed by atoms with Crippen molar-refractivity contribution in [1.82, 2.24) is 9.38 Å². The van der Waals surface area contributed by atoms with E-state index in [1.54, 1.807) is 34.9 Å². The fourth-order valence-electron chi connectivity index (χ4n) is 5.68. The number of pyridine rings is 1. The Bertz CT molecular complexity index is 1760. The number of nitrogens with one attached hydrogen (secondary N) is 1. The van der Waals surface area contributed by atoms with Gasteiger partial charge < -0.3 is 20.2 Å². The van der Waals surface area contributed by atoms with Gasteiger partial charge in [0.15, 0.2) is 0 Å². The van der Waals surface area contributed by atoms with E-state index in [0.29, 0.717) is 47.9 Å². The van der Waals surface area contributed by atoms with Gasteiger partial charge in [0.1, 0.15) is 17.5 Å². The van der Waals surface area contributed by atoms with Gasteiger partial charge in [-0.2, -0.15) is 5.26 Å². The molecule has 2 aromatic heterocycles. The third-order valence-electron chi connectivity index (χ3n) is 7.80. The molecule has 0 aliphatic carbocycles. The van der Waals surface area contributed by atoms with Crippen molar-refractivity contribution in [3.8, 4) is 6.07 Å². The molecule has 0 saturated carbocycles. The van der Waals surface area contributed by atoms with E-state index in [1.807, 2.05) is 45.9 Å². The number of carboxylic acids is 1. The Labute approximate surface area is 239 Å². The van der Waals surface area contributed by atoms with Gasteiger partial charge in [0.05, 0.1) is 28.4 Å². The standard InChI is InChI=1S/C32H34N6O3/c1-19-10-11-24(16-33)28(15-19)36-12-13-37(21(3)18-36)29-22(4)31(39)38-17-20(2)14-26(30(38)35-29)23(5)34-27-9-7-6-8-25(27)32(40)41/h6-11,14-15,17,21,23,34H,12-13,18H2,1-5H3,(H,40,41)/t21-,23+/m0/s1. The molecule has 3 heterocycles. The van der Waals surface area contributed by atoms with Gasteiger partial charge in [-0.05, 0) is 76.1 Å². The van der Waals surface area contributed by atoms with E-state index >= 15 is 0 Å². The molecular weight excluding hydrogens is 516 g/mol. The summed E-state index contributed by atoms with van der Waals surface area (Å²) in [5, 5.41) is 22.6. The van der Waals surface area contributed by atoms with Crippen molar-refractivity contribution in [2.75, 3.05) is 34.8 Å². The second-order valence-electron chi connectivity index (χ2n) is 10.9. The fraction of sp³-hybridized carbons (Fsp3) is 0.312. The molecule has 1 aliphatic heterocycles. The van der Waals surface area contributed by atoms with Crippen LogP contribution in [-0.4, -0.2) is 46.1 Å². The van der Waals surface area contributed by atoms with Crippen molar-refractivity contribution in [2.45, 2.75) is 46.7 Å². The van der Waals surface area contributed by atoms with Gasteiger partial charge in [-0.1, -0.05) is 18.2 Å². The van der Waals surface area contributed by atoms with E-state index in [9.17, 15) is 20.0 Å². The zero-order valence-corrected chi connectivity index (χ0v) is 24.0. The predicted molar refractivity (Wildman–Crippen MR) is 161 cm³/mol. The van der Waals surface area contributed by atoms with Crippen molar-refractivity contribution >= 4 is 28.8 Å².